The van der Waals surface area contributed by atoms with Crippen LogP contribution in [0.3, 0.4) is 0 Å². The Balaban J connectivity index is 1.29. The van der Waals surface area contributed by atoms with Crippen molar-refractivity contribution in [3.63, 3.8) is 0 Å². The van der Waals surface area contributed by atoms with E-state index in [0.717, 1.165) is 56.2 Å². The third kappa shape index (κ3) is 3.75. The average molecular weight is 341 g/mol. The van der Waals surface area contributed by atoms with E-state index in [-0.39, 0.29) is 11.7 Å². The smallest absolute Gasteiger partial charge is 0.125 e. The number of piperidine rings is 1. The van der Waals surface area contributed by atoms with Crippen molar-refractivity contribution in [2.45, 2.75) is 51.4 Å². The molecule has 3 heterocycles. The zero-order valence-electron chi connectivity index (χ0n) is 15.2. The molecule has 1 atom stereocenters. The quantitative estimate of drug-likeness (QED) is 0.839. The van der Waals surface area contributed by atoms with Crippen LogP contribution in [-0.4, -0.2) is 36.3 Å². The van der Waals surface area contributed by atoms with Crippen LogP contribution in [0.4, 0.5) is 0 Å². The molecule has 25 heavy (non-hydrogen) atoms. The summed E-state index contributed by atoms with van der Waals surface area (Å²) in [6.45, 7) is 7.84. The van der Waals surface area contributed by atoms with Crippen molar-refractivity contribution >= 4 is 0 Å². The maximum Gasteiger partial charge on any atom is 0.125 e. The number of likely N-dealkylation sites (tertiary alicyclic amines) is 1. The van der Waals surface area contributed by atoms with E-state index in [2.05, 4.69) is 17.9 Å². The van der Waals surface area contributed by atoms with E-state index in [1.807, 2.05) is 37.3 Å². The highest BCUT2D eigenvalue weighted by Crippen LogP contribution is 2.37. The van der Waals surface area contributed by atoms with E-state index in [1.54, 1.807) is 0 Å². The number of benzene rings is 1. The van der Waals surface area contributed by atoms with Gasteiger partial charge in [-0.05, 0) is 50.5 Å². The van der Waals surface area contributed by atoms with Crippen molar-refractivity contribution in [2.24, 2.45) is 0 Å². The number of furan rings is 1. The lowest BCUT2D eigenvalue weighted by atomic mass is 9.88. The summed E-state index contributed by atoms with van der Waals surface area (Å²) in [5.74, 6) is 3.04. The van der Waals surface area contributed by atoms with Gasteiger partial charge in [-0.15, -0.1) is 0 Å². The molecule has 134 valence electrons. The van der Waals surface area contributed by atoms with Gasteiger partial charge < -0.3 is 13.9 Å². The van der Waals surface area contributed by atoms with Gasteiger partial charge in [0.1, 0.15) is 23.4 Å². The largest absolute Gasteiger partial charge is 0.488 e. The highest BCUT2D eigenvalue weighted by atomic mass is 16.6. The molecule has 1 aromatic carbocycles. The predicted molar refractivity (Wildman–Crippen MR) is 96.9 cm³/mol. The lowest BCUT2D eigenvalue weighted by molar-refractivity contribution is -0.0463. The van der Waals surface area contributed by atoms with Crippen LogP contribution in [0.1, 0.15) is 36.3 Å². The van der Waals surface area contributed by atoms with E-state index in [1.165, 1.54) is 5.56 Å². The minimum Gasteiger partial charge on any atom is -0.488 e. The molecule has 4 nitrogen and oxygen atoms in total. The second kappa shape index (κ2) is 6.85. The highest BCUT2D eigenvalue weighted by molar-refractivity contribution is 5.21. The second-order valence-corrected chi connectivity index (χ2v) is 7.48. The molecule has 1 spiro atoms. The molecule has 0 saturated carbocycles. The standard InChI is InChI=1S/C21H27NO3/c1-16-12-19(24-17(16)2)14-22-10-8-21(9-11-22)13-20(15-23-21)25-18-6-4-3-5-7-18/h3-7,12,20H,8-11,13-15H2,1-2H3. The van der Waals surface area contributed by atoms with Gasteiger partial charge in [-0.25, -0.2) is 0 Å². The van der Waals surface area contributed by atoms with Crippen molar-refractivity contribution in [1.29, 1.82) is 0 Å². The van der Waals surface area contributed by atoms with Crippen molar-refractivity contribution in [3.8, 4) is 5.75 Å². The van der Waals surface area contributed by atoms with Crippen LogP contribution >= 0.6 is 0 Å². The predicted octanol–water partition coefficient (Wildman–Crippen LogP) is 4.10. The summed E-state index contributed by atoms with van der Waals surface area (Å²) in [7, 11) is 0. The molecule has 0 amide bonds. The van der Waals surface area contributed by atoms with E-state index in [9.17, 15) is 0 Å². The number of aryl methyl sites for hydroxylation is 2. The van der Waals surface area contributed by atoms with Crippen molar-refractivity contribution in [2.75, 3.05) is 19.7 Å². The first-order chi connectivity index (χ1) is 12.1. The number of hydrogen-bond donors (Lipinski definition) is 0. The van der Waals surface area contributed by atoms with E-state index in [4.69, 9.17) is 13.9 Å². The topological polar surface area (TPSA) is 34.8 Å². The Morgan fingerprint density at radius 1 is 1.16 bits per heavy atom. The minimum absolute atomic E-state index is 0.00491. The second-order valence-electron chi connectivity index (χ2n) is 7.48. The monoisotopic (exact) mass is 341 g/mol. The van der Waals surface area contributed by atoms with Gasteiger partial charge in [0.05, 0.1) is 18.8 Å². The van der Waals surface area contributed by atoms with Gasteiger partial charge in [0, 0.05) is 19.5 Å². The fourth-order valence-corrected chi connectivity index (χ4v) is 3.98. The molecule has 0 aliphatic carbocycles. The van der Waals surface area contributed by atoms with Gasteiger partial charge in [-0.1, -0.05) is 18.2 Å². The third-order valence-electron chi connectivity index (χ3n) is 5.58. The van der Waals surface area contributed by atoms with E-state index < -0.39 is 0 Å². The first-order valence-electron chi connectivity index (χ1n) is 9.26. The Morgan fingerprint density at radius 2 is 1.92 bits per heavy atom. The van der Waals surface area contributed by atoms with Crippen LogP contribution in [-0.2, 0) is 11.3 Å². The first kappa shape index (κ1) is 16.7. The number of para-hydroxylation sites is 1. The van der Waals surface area contributed by atoms with Crippen molar-refractivity contribution in [3.05, 3.63) is 53.5 Å². The first-order valence-corrected chi connectivity index (χ1v) is 9.26. The van der Waals surface area contributed by atoms with Gasteiger partial charge in [0.2, 0.25) is 0 Å². The Morgan fingerprint density at radius 3 is 2.60 bits per heavy atom. The molecule has 4 rings (SSSR count). The molecule has 2 aliphatic heterocycles. The zero-order chi connectivity index (χ0) is 17.3. The van der Waals surface area contributed by atoms with Crippen LogP contribution in [0.25, 0.3) is 0 Å². The average Bonchev–Trinajstić information content (AvgIpc) is 3.14. The lowest BCUT2D eigenvalue weighted by Gasteiger charge is -2.38. The van der Waals surface area contributed by atoms with Crippen molar-refractivity contribution < 1.29 is 13.9 Å². The fourth-order valence-electron chi connectivity index (χ4n) is 3.98. The molecular formula is C21H27NO3. The number of ether oxygens (including phenoxy) is 2. The summed E-state index contributed by atoms with van der Waals surface area (Å²) in [5, 5.41) is 0. The van der Waals surface area contributed by atoms with E-state index >= 15 is 0 Å². The Bertz CT molecular complexity index is 682. The molecule has 2 saturated heterocycles. The summed E-state index contributed by atoms with van der Waals surface area (Å²) < 4.78 is 18.1. The summed E-state index contributed by atoms with van der Waals surface area (Å²) in [6, 6.07) is 12.2. The number of hydrogen-bond acceptors (Lipinski definition) is 4. The lowest BCUT2D eigenvalue weighted by Crippen LogP contribution is -2.44. The molecule has 0 radical (unpaired) electrons. The Kier molecular flexibility index (Phi) is 4.57. The molecule has 2 aliphatic rings. The Labute approximate surface area is 149 Å². The van der Waals surface area contributed by atoms with Crippen LogP contribution in [0, 0.1) is 13.8 Å². The van der Waals surface area contributed by atoms with Gasteiger partial charge in [-0.3, -0.25) is 4.90 Å². The van der Waals surface area contributed by atoms with Crippen LogP contribution in [0.2, 0.25) is 0 Å². The van der Waals surface area contributed by atoms with Gasteiger partial charge in [-0.2, -0.15) is 0 Å². The molecular weight excluding hydrogens is 314 g/mol. The molecule has 0 N–H and O–H groups in total. The number of nitrogens with zero attached hydrogens (tertiary/aromatic N) is 1. The van der Waals surface area contributed by atoms with Crippen LogP contribution < -0.4 is 4.74 Å². The molecule has 1 aromatic heterocycles. The fraction of sp³-hybridized carbons (Fsp3) is 0.524. The normalized spacial score (nSPS) is 23.2. The van der Waals surface area contributed by atoms with Crippen LogP contribution in [0.5, 0.6) is 5.75 Å². The SMILES string of the molecule is Cc1cc(CN2CCC3(CC2)CC(Oc2ccccc2)CO3)oc1C. The minimum atomic E-state index is 0.00491. The summed E-state index contributed by atoms with van der Waals surface area (Å²) >= 11 is 0. The summed E-state index contributed by atoms with van der Waals surface area (Å²) in [5.41, 5.74) is 1.24. The van der Waals surface area contributed by atoms with Crippen LogP contribution in [0.15, 0.2) is 40.8 Å². The maximum atomic E-state index is 6.21. The van der Waals surface area contributed by atoms with Gasteiger partial charge >= 0.3 is 0 Å². The molecule has 4 heteroatoms. The van der Waals surface area contributed by atoms with Gasteiger partial charge in [0.15, 0.2) is 0 Å². The maximum absolute atomic E-state index is 6.21. The molecule has 1 unspecified atom stereocenters. The highest BCUT2D eigenvalue weighted by Gasteiger charge is 2.43. The van der Waals surface area contributed by atoms with E-state index in [0.29, 0.717) is 6.61 Å². The van der Waals surface area contributed by atoms with Crippen molar-refractivity contribution in [1.82, 2.24) is 4.90 Å². The number of rotatable bonds is 4. The van der Waals surface area contributed by atoms with Gasteiger partial charge in [0.25, 0.3) is 0 Å². The zero-order valence-corrected chi connectivity index (χ0v) is 15.2. The summed E-state index contributed by atoms with van der Waals surface area (Å²) in [4.78, 5) is 2.47. The summed E-state index contributed by atoms with van der Waals surface area (Å²) in [6.07, 6.45) is 3.30. The molecule has 0 bridgehead atoms. The third-order valence-corrected chi connectivity index (χ3v) is 5.58. The Hall–Kier alpha value is -1.78. The molecule has 2 aromatic rings. The molecule has 2 fully saturated rings.